The predicted molar refractivity (Wildman–Crippen MR) is 248 cm³/mol. The van der Waals surface area contributed by atoms with Crippen LogP contribution in [-0.2, 0) is 5.41 Å². The molecule has 1 spiro atoms. The third-order valence-corrected chi connectivity index (χ3v) is 15.0. The Bertz CT molecular complexity index is 3060. The third-order valence-electron chi connectivity index (χ3n) is 15.0. The van der Waals surface area contributed by atoms with Gasteiger partial charge < -0.3 is 9.32 Å². The summed E-state index contributed by atoms with van der Waals surface area (Å²) in [4.78, 5) is 2.50. The Morgan fingerprint density at radius 1 is 0.383 bits per heavy atom. The van der Waals surface area contributed by atoms with Crippen LogP contribution in [0.3, 0.4) is 0 Å². The molecular weight excluding hydrogens is 727 g/mol. The standard InChI is InChI=1S/C58H45NO/c1-4-12-39(13-5-1)41-20-23-46(24-21-41)59(47-25-27-50-49-18-10-11-19-55(49)60-56(50)36-47)48-34-52(42-16-8-3-9-17-42)57-51-26-22-43(40-14-6-2-7-15-40)33-53(51)58(54(57)35-48)44-29-37-28-38(31-44)32-45(58)30-37/h1-27,33-38,44-45H,28-32H2. The molecule has 2 heteroatoms. The molecule has 1 aromatic heterocycles. The highest BCUT2D eigenvalue weighted by atomic mass is 16.3. The number of para-hydroxylation sites is 1. The number of anilines is 3. The highest BCUT2D eigenvalue weighted by Gasteiger charge is 2.62. The molecule has 8 aromatic carbocycles. The molecule has 5 aliphatic carbocycles. The molecular formula is C58H45NO. The summed E-state index contributed by atoms with van der Waals surface area (Å²) in [5.41, 5.74) is 18.8. The summed E-state index contributed by atoms with van der Waals surface area (Å²) in [5.74, 6) is 2.97. The predicted octanol–water partition coefficient (Wildman–Crippen LogP) is 15.8. The first-order valence-electron chi connectivity index (χ1n) is 22.0. The Labute approximate surface area is 351 Å². The van der Waals surface area contributed by atoms with E-state index in [-0.39, 0.29) is 5.41 Å². The van der Waals surface area contributed by atoms with Gasteiger partial charge in [-0.25, -0.2) is 0 Å². The molecule has 5 aliphatic rings. The number of nitrogens with zero attached hydrogens (tertiary/aromatic N) is 1. The zero-order valence-corrected chi connectivity index (χ0v) is 33.6. The van der Waals surface area contributed by atoms with Crippen LogP contribution in [-0.4, -0.2) is 0 Å². The van der Waals surface area contributed by atoms with Crippen molar-refractivity contribution < 1.29 is 4.42 Å². The van der Waals surface area contributed by atoms with Gasteiger partial charge in [-0.05, 0) is 160 Å². The van der Waals surface area contributed by atoms with E-state index in [9.17, 15) is 0 Å². The minimum absolute atomic E-state index is 0.0338. The van der Waals surface area contributed by atoms with Gasteiger partial charge in [0.2, 0.25) is 0 Å². The Morgan fingerprint density at radius 3 is 1.65 bits per heavy atom. The summed E-state index contributed by atoms with van der Waals surface area (Å²) in [5, 5.41) is 2.29. The van der Waals surface area contributed by atoms with E-state index in [1.165, 1.54) is 82.3 Å². The van der Waals surface area contributed by atoms with E-state index in [0.717, 1.165) is 45.1 Å². The first-order chi connectivity index (χ1) is 29.7. The van der Waals surface area contributed by atoms with Crippen molar-refractivity contribution in [3.63, 3.8) is 0 Å². The van der Waals surface area contributed by atoms with Crippen LogP contribution in [0.5, 0.6) is 0 Å². The van der Waals surface area contributed by atoms with Gasteiger partial charge in [0.25, 0.3) is 0 Å². The molecule has 0 amide bonds. The fourth-order valence-electron chi connectivity index (χ4n) is 12.8. The maximum atomic E-state index is 6.58. The van der Waals surface area contributed by atoms with Crippen LogP contribution >= 0.6 is 0 Å². The summed E-state index contributed by atoms with van der Waals surface area (Å²) in [6.07, 6.45) is 6.76. The summed E-state index contributed by atoms with van der Waals surface area (Å²) >= 11 is 0. The van der Waals surface area contributed by atoms with Gasteiger partial charge in [0, 0.05) is 39.3 Å². The van der Waals surface area contributed by atoms with Gasteiger partial charge in [-0.15, -0.1) is 0 Å². The Hall–Kier alpha value is -6.64. The van der Waals surface area contributed by atoms with Crippen molar-refractivity contribution in [3.8, 4) is 44.5 Å². The lowest BCUT2D eigenvalue weighted by Crippen LogP contribution is -2.55. The number of benzene rings is 8. The molecule has 2 nitrogen and oxygen atoms in total. The van der Waals surface area contributed by atoms with Crippen molar-refractivity contribution in [2.45, 2.75) is 37.5 Å². The molecule has 1 heterocycles. The number of furan rings is 1. The third kappa shape index (κ3) is 5.07. The number of fused-ring (bicyclic) bond motifs is 6. The molecule has 9 aromatic rings. The van der Waals surface area contributed by atoms with Crippen LogP contribution in [0.4, 0.5) is 17.1 Å². The number of hydrogen-bond acceptors (Lipinski definition) is 2. The zero-order valence-electron chi connectivity index (χ0n) is 33.6. The van der Waals surface area contributed by atoms with Crippen LogP contribution in [0.2, 0.25) is 0 Å². The molecule has 4 fully saturated rings. The second kappa shape index (κ2) is 13.2. The molecule has 0 saturated heterocycles. The van der Waals surface area contributed by atoms with E-state index >= 15 is 0 Å². The van der Waals surface area contributed by atoms with Gasteiger partial charge in [0.05, 0.1) is 0 Å². The van der Waals surface area contributed by atoms with E-state index < -0.39 is 0 Å². The van der Waals surface area contributed by atoms with Crippen molar-refractivity contribution in [3.05, 3.63) is 199 Å². The largest absolute Gasteiger partial charge is 0.456 e. The normalized spacial score (nSPS) is 22.1. The van der Waals surface area contributed by atoms with Crippen LogP contribution in [0, 0.1) is 23.7 Å². The highest BCUT2D eigenvalue weighted by molar-refractivity contribution is 6.06. The molecule has 0 radical (unpaired) electrons. The zero-order chi connectivity index (χ0) is 39.4. The number of hydrogen-bond donors (Lipinski definition) is 0. The second-order valence-corrected chi connectivity index (χ2v) is 18.1. The second-order valence-electron chi connectivity index (χ2n) is 18.1. The van der Waals surface area contributed by atoms with Crippen molar-refractivity contribution in [2.75, 3.05) is 4.90 Å². The monoisotopic (exact) mass is 771 g/mol. The quantitative estimate of drug-likeness (QED) is 0.167. The van der Waals surface area contributed by atoms with Crippen molar-refractivity contribution in [1.29, 1.82) is 0 Å². The van der Waals surface area contributed by atoms with Gasteiger partial charge in [-0.1, -0.05) is 133 Å². The van der Waals surface area contributed by atoms with E-state index in [1.807, 2.05) is 0 Å². The summed E-state index contributed by atoms with van der Waals surface area (Å²) in [6, 6.07) is 70.0. The molecule has 60 heavy (non-hydrogen) atoms. The Balaban J connectivity index is 1.08. The molecule has 14 rings (SSSR count). The fourth-order valence-corrected chi connectivity index (χ4v) is 12.8. The van der Waals surface area contributed by atoms with E-state index in [1.54, 1.807) is 11.1 Å². The van der Waals surface area contributed by atoms with Crippen molar-refractivity contribution in [1.82, 2.24) is 0 Å². The Kier molecular flexibility index (Phi) is 7.52. The topological polar surface area (TPSA) is 16.4 Å². The minimum Gasteiger partial charge on any atom is -0.456 e. The van der Waals surface area contributed by atoms with Gasteiger partial charge in [0.15, 0.2) is 0 Å². The van der Waals surface area contributed by atoms with Gasteiger partial charge in [0.1, 0.15) is 11.2 Å². The first kappa shape index (κ1) is 34.2. The van der Waals surface area contributed by atoms with Crippen molar-refractivity contribution in [2.24, 2.45) is 23.7 Å². The van der Waals surface area contributed by atoms with E-state index in [4.69, 9.17) is 4.42 Å². The van der Waals surface area contributed by atoms with Gasteiger partial charge in [-0.3, -0.25) is 0 Å². The maximum absolute atomic E-state index is 6.58. The van der Waals surface area contributed by atoms with Gasteiger partial charge >= 0.3 is 0 Å². The van der Waals surface area contributed by atoms with E-state index in [0.29, 0.717) is 11.8 Å². The molecule has 288 valence electrons. The summed E-state index contributed by atoms with van der Waals surface area (Å²) in [6.45, 7) is 0. The van der Waals surface area contributed by atoms with Crippen LogP contribution in [0.1, 0.15) is 43.2 Å². The van der Waals surface area contributed by atoms with Crippen LogP contribution in [0.15, 0.2) is 192 Å². The first-order valence-corrected chi connectivity index (χ1v) is 22.0. The SMILES string of the molecule is c1ccc(-c2ccc(N(c3cc(-c4ccccc4)c4c(c3)C3(c5cc(-c6ccccc6)ccc5-4)C4CC5CC(C4)CC3C5)c3ccc4c(c3)oc3ccccc34)cc2)cc1. The fraction of sp³-hybridized carbons (Fsp3) is 0.172. The molecule has 0 N–H and O–H groups in total. The lowest BCUT2D eigenvalue weighted by Gasteiger charge is -2.61. The molecule has 0 atom stereocenters. The maximum Gasteiger partial charge on any atom is 0.137 e. The van der Waals surface area contributed by atoms with Crippen molar-refractivity contribution >= 4 is 39.0 Å². The van der Waals surface area contributed by atoms with E-state index in [2.05, 4.69) is 193 Å². The average Bonchev–Trinajstić information content (AvgIpc) is 3.82. The average molecular weight is 772 g/mol. The number of rotatable bonds is 6. The Morgan fingerprint density at radius 2 is 0.950 bits per heavy atom. The molecule has 0 unspecified atom stereocenters. The van der Waals surface area contributed by atoms with Gasteiger partial charge in [-0.2, -0.15) is 0 Å². The lowest BCUT2D eigenvalue weighted by molar-refractivity contribution is -0.0399. The lowest BCUT2D eigenvalue weighted by atomic mass is 9.43. The van der Waals surface area contributed by atoms with Crippen LogP contribution in [0.25, 0.3) is 66.4 Å². The molecule has 0 aliphatic heterocycles. The summed E-state index contributed by atoms with van der Waals surface area (Å²) < 4.78 is 6.58. The summed E-state index contributed by atoms with van der Waals surface area (Å²) in [7, 11) is 0. The highest BCUT2D eigenvalue weighted by Crippen LogP contribution is 2.71. The molecule has 4 saturated carbocycles. The minimum atomic E-state index is -0.0338. The smallest absolute Gasteiger partial charge is 0.137 e. The van der Waals surface area contributed by atoms with Crippen LogP contribution < -0.4 is 4.90 Å². The molecule has 4 bridgehead atoms.